The SMILES string of the molecule is Cc1cccc(-n2nnnc2SCC(=O)NC(C)c2ccc3c(c2)CCCC3)c1C. The number of benzene rings is 2. The van der Waals surface area contributed by atoms with Gasteiger partial charge in [-0.15, -0.1) is 5.10 Å². The Morgan fingerprint density at radius 2 is 1.97 bits per heavy atom. The highest BCUT2D eigenvalue weighted by Gasteiger charge is 2.17. The molecular formula is C23H27N5OS. The number of rotatable bonds is 6. The van der Waals surface area contributed by atoms with Gasteiger partial charge in [0, 0.05) is 0 Å². The van der Waals surface area contributed by atoms with Gasteiger partial charge in [0.1, 0.15) is 0 Å². The number of aryl methyl sites for hydroxylation is 3. The van der Waals surface area contributed by atoms with Gasteiger partial charge < -0.3 is 5.32 Å². The molecule has 0 radical (unpaired) electrons. The Morgan fingerprint density at radius 3 is 2.80 bits per heavy atom. The summed E-state index contributed by atoms with van der Waals surface area (Å²) >= 11 is 1.35. The Morgan fingerprint density at radius 1 is 1.17 bits per heavy atom. The largest absolute Gasteiger partial charge is 0.349 e. The number of amides is 1. The number of thioether (sulfide) groups is 1. The van der Waals surface area contributed by atoms with Crippen molar-refractivity contribution < 1.29 is 4.79 Å². The summed E-state index contributed by atoms with van der Waals surface area (Å²) in [6.45, 7) is 6.15. The molecule has 7 heteroatoms. The lowest BCUT2D eigenvalue weighted by Gasteiger charge is -2.20. The first-order valence-electron chi connectivity index (χ1n) is 10.4. The van der Waals surface area contributed by atoms with Crippen LogP contribution in [0.4, 0.5) is 0 Å². The Labute approximate surface area is 181 Å². The van der Waals surface area contributed by atoms with Crippen molar-refractivity contribution in [2.24, 2.45) is 0 Å². The normalized spacial score (nSPS) is 14.2. The van der Waals surface area contributed by atoms with E-state index in [-0.39, 0.29) is 17.7 Å². The molecule has 0 saturated heterocycles. The standard InChI is InChI=1S/C23H27N5OS/c1-15-7-6-10-21(16(15)2)28-23(25-26-27-28)30-14-22(29)24-17(3)19-12-11-18-8-4-5-9-20(18)13-19/h6-7,10-13,17H,4-5,8-9,14H2,1-3H3,(H,24,29). The van der Waals surface area contributed by atoms with Gasteiger partial charge in [0.25, 0.3) is 0 Å². The highest BCUT2D eigenvalue weighted by molar-refractivity contribution is 7.99. The number of nitrogens with one attached hydrogen (secondary N) is 1. The summed E-state index contributed by atoms with van der Waals surface area (Å²) in [4.78, 5) is 12.6. The lowest BCUT2D eigenvalue weighted by Crippen LogP contribution is -2.28. The maximum atomic E-state index is 12.6. The van der Waals surface area contributed by atoms with Crippen LogP contribution in [0.2, 0.25) is 0 Å². The average molecular weight is 422 g/mol. The van der Waals surface area contributed by atoms with Crippen LogP contribution in [-0.4, -0.2) is 31.9 Å². The number of carbonyl (C=O) groups excluding carboxylic acids is 1. The van der Waals surface area contributed by atoms with Gasteiger partial charge in [-0.2, -0.15) is 4.68 Å². The third kappa shape index (κ3) is 4.41. The van der Waals surface area contributed by atoms with Gasteiger partial charge in [-0.25, -0.2) is 0 Å². The van der Waals surface area contributed by atoms with Crippen molar-refractivity contribution in [3.05, 3.63) is 64.2 Å². The van der Waals surface area contributed by atoms with Crippen LogP contribution in [0.5, 0.6) is 0 Å². The first-order valence-corrected chi connectivity index (χ1v) is 11.4. The summed E-state index contributed by atoms with van der Waals surface area (Å²) in [5.41, 5.74) is 7.28. The fraction of sp³-hybridized carbons (Fsp3) is 0.391. The van der Waals surface area contributed by atoms with Crippen molar-refractivity contribution >= 4 is 17.7 Å². The molecule has 1 amide bonds. The van der Waals surface area contributed by atoms with E-state index in [2.05, 4.69) is 52.0 Å². The Bertz CT molecular complexity index is 1060. The maximum Gasteiger partial charge on any atom is 0.230 e. The molecule has 0 spiro atoms. The fourth-order valence-corrected chi connectivity index (χ4v) is 4.60. The molecule has 3 aromatic rings. The third-order valence-electron chi connectivity index (χ3n) is 5.83. The molecule has 30 heavy (non-hydrogen) atoms. The van der Waals surface area contributed by atoms with Gasteiger partial charge in [0.2, 0.25) is 11.1 Å². The van der Waals surface area contributed by atoms with Gasteiger partial charge in [0.05, 0.1) is 17.5 Å². The highest BCUT2D eigenvalue weighted by Crippen LogP contribution is 2.25. The lowest BCUT2D eigenvalue weighted by molar-refractivity contribution is -0.119. The molecule has 6 nitrogen and oxygen atoms in total. The number of nitrogens with zero attached hydrogens (tertiary/aromatic N) is 4. The molecule has 0 fully saturated rings. The summed E-state index contributed by atoms with van der Waals surface area (Å²) in [5.74, 6) is 0.237. The molecule has 1 N–H and O–H groups in total. The summed E-state index contributed by atoms with van der Waals surface area (Å²) in [6.07, 6.45) is 4.84. The monoisotopic (exact) mass is 421 g/mol. The van der Waals surface area contributed by atoms with E-state index < -0.39 is 0 Å². The predicted molar refractivity (Wildman–Crippen MR) is 119 cm³/mol. The van der Waals surface area contributed by atoms with E-state index in [1.807, 2.05) is 26.0 Å². The van der Waals surface area contributed by atoms with E-state index in [0.29, 0.717) is 5.16 Å². The Kier molecular flexibility index (Phi) is 6.18. The molecule has 1 atom stereocenters. The quantitative estimate of drug-likeness (QED) is 0.606. The van der Waals surface area contributed by atoms with E-state index in [1.165, 1.54) is 47.7 Å². The number of tetrazole rings is 1. The van der Waals surface area contributed by atoms with Crippen molar-refractivity contribution in [2.45, 2.75) is 57.7 Å². The van der Waals surface area contributed by atoms with Gasteiger partial charge in [-0.05, 0) is 90.8 Å². The number of aromatic nitrogens is 4. The van der Waals surface area contributed by atoms with Crippen molar-refractivity contribution in [1.82, 2.24) is 25.5 Å². The summed E-state index contributed by atoms with van der Waals surface area (Å²) < 4.78 is 1.70. The summed E-state index contributed by atoms with van der Waals surface area (Å²) in [5, 5.41) is 15.8. The van der Waals surface area contributed by atoms with Crippen LogP contribution in [0.25, 0.3) is 5.69 Å². The van der Waals surface area contributed by atoms with E-state index in [9.17, 15) is 4.79 Å². The van der Waals surface area contributed by atoms with Gasteiger partial charge in [-0.1, -0.05) is 42.1 Å². The Balaban J connectivity index is 1.39. The zero-order chi connectivity index (χ0) is 21.1. The molecule has 0 bridgehead atoms. The summed E-state index contributed by atoms with van der Waals surface area (Å²) in [7, 11) is 0. The van der Waals surface area contributed by atoms with Crippen molar-refractivity contribution in [2.75, 3.05) is 5.75 Å². The van der Waals surface area contributed by atoms with Gasteiger partial charge in [-0.3, -0.25) is 4.79 Å². The van der Waals surface area contributed by atoms with Crippen molar-refractivity contribution in [1.29, 1.82) is 0 Å². The molecule has 1 aromatic heterocycles. The van der Waals surface area contributed by atoms with E-state index in [0.717, 1.165) is 23.2 Å². The van der Waals surface area contributed by atoms with E-state index >= 15 is 0 Å². The first kappa shape index (κ1) is 20.6. The van der Waals surface area contributed by atoms with E-state index in [1.54, 1.807) is 4.68 Å². The highest BCUT2D eigenvalue weighted by atomic mass is 32.2. The third-order valence-corrected chi connectivity index (χ3v) is 6.75. The topological polar surface area (TPSA) is 72.7 Å². The minimum atomic E-state index is -0.0275. The van der Waals surface area contributed by atoms with Gasteiger partial charge in [0.15, 0.2) is 0 Å². The smallest absolute Gasteiger partial charge is 0.230 e. The molecule has 0 saturated carbocycles. The zero-order valence-electron chi connectivity index (χ0n) is 17.7. The minimum absolute atomic E-state index is 0.0271. The number of hydrogen-bond acceptors (Lipinski definition) is 5. The maximum absolute atomic E-state index is 12.6. The second-order valence-electron chi connectivity index (χ2n) is 7.91. The summed E-state index contributed by atoms with van der Waals surface area (Å²) in [6, 6.07) is 12.6. The van der Waals surface area contributed by atoms with Crippen LogP contribution in [0.15, 0.2) is 41.6 Å². The number of carbonyl (C=O) groups is 1. The Hall–Kier alpha value is -2.67. The van der Waals surface area contributed by atoms with Crippen LogP contribution in [-0.2, 0) is 17.6 Å². The average Bonchev–Trinajstić information content (AvgIpc) is 3.22. The number of fused-ring (bicyclic) bond motifs is 1. The zero-order valence-corrected chi connectivity index (χ0v) is 18.5. The van der Waals surface area contributed by atoms with E-state index in [4.69, 9.17) is 0 Å². The molecule has 0 aliphatic heterocycles. The molecule has 2 aromatic carbocycles. The second kappa shape index (κ2) is 9.00. The molecule has 1 heterocycles. The van der Waals surface area contributed by atoms with Crippen molar-refractivity contribution in [3.8, 4) is 5.69 Å². The van der Waals surface area contributed by atoms with Crippen LogP contribution < -0.4 is 5.32 Å². The second-order valence-corrected chi connectivity index (χ2v) is 8.85. The van der Waals surface area contributed by atoms with Crippen LogP contribution in [0.1, 0.15) is 53.6 Å². The van der Waals surface area contributed by atoms with Crippen LogP contribution in [0, 0.1) is 13.8 Å². The van der Waals surface area contributed by atoms with Crippen LogP contribution >= 0.6 is 11.8 Å². The van der Waals surface area contributed by atoms with Crippen LogP contribution in [0.3, 0.4) is 0 Å². The first-order chi connectivity index (χ1) is 14.5. The molecule has 1 aliphatic carbocycles. The number of hydrogen-bond donors (Lipinski definition) is 1. The van der Waals surface area contributed by atoms with Gasteiger partial charge >= 0.3 is 0 Å². The molecular weight excluding hydrogens is 394 g/mol. The fourth-order valence-electron chi connectivity index (χ4n) is 3.90. The molecule has 1 unspecified atom stereocenters. The molecule has 1 aliphatic rings. The van der Waals surface area contributed by atoms with Crippen molar-refractivity contribution in [3.63, 3.8) is 0 Å². The lowest BCUT2D eigenvalue weighted by atomic mass is 9.89. The predicted octanol–water partition coefficient (Wildman–Crippen LogP) is 4.13. The molecule has 156 valence electrons. The molecule has 4 rings (SSSR count). The minimum Gasteiger partial charge on any atom is -0.349 e.